The third kappa shape index (κ3) is 7.15. The molecule has 4 heterocycles. The maximum absolute atomic E-state index is 5.83. The summed E-state index contributed by atoms with van der Waals surface area (Å²) in [5, 5.41) is 4.84. The second-order valence-corrected chi connectivity index (χ2v) is 12.1. The van der Waals surface area contributed by atoms with E-state index in [1.165, 1.54) is 45.2 Å². The SMILES string of the molecule is COc1cc2c(NC3CCN(C(C)C)CC3)nc(N3CCCCC3)nc2cc1C#CCCN1CCC(C)CC1. The summed E-state index contributed by atoms with van der Waals surface area (Å²) in [7, 11) is 1.74. The predicted molar refractivity (Wildman–Crippen MR) is 162 cm³/mol. The fourth-order valence-corrected chi connectivity index (χ4v) is 6.17. The van der Waals surface area contributed by atoms with Crippen molar-refractivity contribution in [1.29, 1.82) is 0 Å². The molecule has 1 aromatic carbocycles. The Morgan fingerprint density at radius 1 is 0.974 bits per heavy atom. The molecule has 212 valence electrons. The van der Waals surface area contributed by atoms with Crippen molar-refractivity contribution < 1.29 is 4.74 Å². The Hall–Kier alpha value is -2.56. The van der Waals surface area contributed by atoms with Crippen LogP contribution in [0.5, 0.6) is 5.75 Å². The lowest BCUT2D eigenvalue weighted by molar-refractivity contribution is 0.177. The number of hydrogen-bond acceptors (Lipinski definition) is 7. The average molecular weight is 533 g/mol. The van der Waals surface area contributed by atoms with Crippen LogP contribution in [0, 0.1) is 17.8 Å². The Labute approximate surface area is 235 Å². The number of benzene rings is 1. The standard InChI is InChI=1S/C32H48N6O/c1-24(2)37-20-13-27(14-21-37)33-31-28-23-30(39-4)26(10-6-9-15-36-18-11-25(3)12-19-36)22-29(28)34-32(35-31)38-16-7-5-8-17-38/h22-25,27H,5,7-9,11-21H2,1-4H3,(H,33,34,35). The molecule has 7 heteroatoms. The van der Waals surface area contributed by atoms with E-state index in [0.29, 0.717) is 12.1 Å². The second-order valence-electron chi connectivity index (χ2n) is 12.1. The summed E-state index contributed by atoms with van der Waals surface area (Å²) in [6.45, 7) is 14.7. The number of methoxy groups -OCH3 is 1. The number of ether oxygens (including phenoxy) is 1. The molecule has 1 aromatic heterocycles. The van der Waals surface area contributed by atoms with Crippen LogP contribution >= 0.6 is 0 Å². The van der Waals surface area contributed by atoms with Gasteiger partial charge in [-0.1, -0.05) is 18.8 Å². The number of nitrogens with zero attached hydrogens (tertiary/aromatic N) is 5. The van der Waals surface area contributed by atoms with Crippen LogP contribution in [0.3, 0.4) is 0 Å². The van der Waals surface area contributed by atoms with Gasteiger partial charge in [0.15, 0.2) is 0 Å². The van der Waals surface area contributed by atoms with E-state index in [0.717, 1.165) is 91.9 Å². The number of nitrogens with one attached hydrogen (secondary N) is 1. The summed E-state index contributed by atoms with van der Waals surface area (Å²) in [5.41, 5.74) is 1.86. The second kappa shape index (κ2) is 13.2. The molecule has 0 unspecified atom stereocenters. The minimum Gasteiger partial charge on any atom is -0.495 e. The van der Waals surface area contributed by atoms with Gasteiger partial charge in [-0.15, -0.1) is 0 Å². The van der Waals surface area contributed by atoms with E-state index in [4.69, 9.17) is 14.7 Å². The fourth-order valence-electron chi connectivity index (χ4n) is 6.17. The van der Waals surface area contributed by atoms with Crippen LogP contribution in [0.1, 0.15) is 77.7 Å². The van der Waals surface area contributed by atoms with Gasteiger partial charge in [0.25, 0.3) is 0 Å². The first-order valence-electron chi connectivity index (χ1n) is 15.4. The lowest BCUT2D eigenvalue weighted by Gasteiger charge is -2.35. The van der Waals surface area contributed by atoms with Crippen molar-refractivity contribution in [2.45, 2.75) is 84.2 Å². The average Bonchev–Trinajstić information content (AvgIpc) is 2.96. The molecule has 3 saturated heterocycles. The molecule has 0 atom stereocenters. The third-order valence-electron chi connectivity index (χ3n) is 8.90. The number of fused-ring (bicyclic) bond motifs is 1. The first-order chi connectivity index (χ1) is 19.0. The summed E-state index contributed by atoms with van der Waals surface area (Å²) in [4.78, 5) is 17.6. The molecule has 3 aliphatic heterocycles. The van der Waals surface area contributed by atoms with Crippen molar-refractivity contribution in [3.63, 3.8) is 0 Å². The number of aromatic nitrogens is 2. The van der Waals surface area contributed by atoms with Gasteiger partial charge in [0.2, 0.25) is 5.95 Å². The molecule has 0 amide bonds. The summed E-state index contributed by atoms with van der Waals surface area (Å²) >= 11 is 0. The van der Waals surface area contributed by atoms with Crippen LogP contribution in [-0.4, -0.2) is 84.8 Å². The molecule has 7 nitrogen and oxygen atoms in total. The lowest BCUT2D eigenvalue weighted by Crippen LogP contribution is -2.42. The highest BCUT2D eigenvalue weighted by Gasteiger charge is 2.24. The van der Waals surface area contributed by atoms with Gasteiger partial charge >= 0.3 is 0 Å². The molecule has 0 spiro atoms. The molecular formula is C32H48N6O. The molecular weight excluding hydrogens is 484 g/mol. The van der Waals surface area contributed by atoms with Crippen LogP contribution in [0.2, 0.25) is 0 Å². The molecule has 39 heavy (non-hydrogen) atoms. The van der Waals surface area contributed by atoms with Crippen molar-refractivity contribution in [1.82, 2.24) is 19.8 Å². The summed E-state index contributed by atoms with van der Waals surface area (Å²) in [5.74, 6) is 10.3. The largest absolute Gasteiger partial charge is 0.495 e. The van der Waals surface area contributed by atoms with E-state index in [1.807, 2.05) is 0 Å². The molecule has 0 aliphatic carbocycles. The molecule has 2 aromatic rings. The van der Waals surface area contributed by atoms with Crippen LogP contribution in [0.4, 0.5) is 11.8 Å². The van der Waals surface area contributed by atoms with Gasteiger partial charge in [0.05, 0.1) is 18.2 Å². The molecule has 5 rings (SSSR count). The molecule has 0 radical (unpaired) electrons. The van der Waals surface area contributed by atoms with E-state index < -0.39 is 0 Å². The van der Waals surface area contributed by atoms with Crippen molar-refractivity contribution in [2.75, 3.05) is 63.1 Å². The van der Waals surface area contributed by atoms with Crippen LogP contribution < -0.4 is 15.0 Å². The van der Waals surface area contributed by atoms with Gasteiger partial charge in [0.1, 0.15) is 11.6 Å². The Balaban J connectivity index is 1.39. The lowest BCUT2D eigenvalue weighted by atomic mass is 9.99. The van der Waals surface area contributed by atoms with E-state index in [9.17, 15) is 0 Å². The topological polar surface area (TPSA) is 56.8 Å². The normalized spacial score (nSPS) is 20.3. The Morgan fingerprint density at radius 2 is 1.72 bits per heavy atom. The zero-order valence-corrected chi connectivity index (χ0v) is 24.6. The maximum atomic E-state index is 5.83. The van der Waals surface area contributed by atoms with Crippen molar-refractivity contribution in [3.8, 4) is 17.6 Å². The highest BCUT2D eigenvalue weighted by molar-refractivity contribution is 5.93. The molecule has 0 bridgehead atoms. The van der Waals surface area contributed by atoms with Crippen LogP contribution in [0.25, 0.3) is 10.9 Å². The van der Waals surface area contributed by atoms with E-state index in [1.54, 1.807) is 7.11 Å². The quantitative estimate of drug-likeness (QED) is 0.480. The highest BCUT2D eigenvalue weighted by Crippen LogP contribution is 2.32. The minimum absolute atomic E-state index is 0.413. The van der Waals surface area contributed by atoms with Gasteiger partial charge in [-0.3, -0.25) is 0 Å². The smallest absolute Gasteiger partial charge is 0.227 e. The maximum Gasteiger partial charge on any atom is 0.227 e. The fraction of sp³-hybridized carbons (Fsp3) is 0.688. The number of anilines is 2. The summed E-state index contributed by atoms with van der Waals surface area (Å²) in [6.07, 6.45) is 9.42. The zero-order chi connectivity index (χ0) is 27.2. The first-order valence-corrected chi connectivity index (χ1v) is 15.4. The minimum atomic E-state index is 0.413. The van der Waals surface area contributed by atoms with Gasteiger partial charge in [0, 0.05) is 56.6 Å². The monoisotopic (exact) mass is 532 g/mol. The third-order valence-corrected chi connectivity index (χ3v) is 8.90. The van der Waals surface area contributed by atoms with Crippen molar-refractivity contribution in [2.24, 2.45) is 5.92 Å². The van der Waals surface area contributed by atoms with Gasteiger partial charge < -0.3 is 24.8 Å². The molecule has 3 aliphatic rings. The summed E-state index contributed by atoms with van der Waals surface area (Å²) < 4.78 is 5.83. The van der Waals surface area contributed by atoms with Gasteiger partial charge in [-0.05, 0) is 89.9 Å². The Morgan fingerprint density at radius 3 is 2.41 bits per heavy atom. The zero-order valence-electron chi connectivity index (χ0n) is 24.6. The predicted octanol–water partition coefficient (Wildman–Crippen LogP) is 5.39. The van der Waals surface area contributed by atoms with E-state index in [2.05, 4.69) is 64.8 Å². The molecule has 0 saturated carbocycles. The Kier molecular flexibility index (Phi) is 9.47. The highest BCUT2D eigenvalue weighted by atomic mass is 16.5. The number of rotatable bonds is 7. The van der Waals surface area contributed by atoms with E-state index >= 15 is 0 Å². The van der Waals surface area contributed by atoms with Crippen LogP contribution in [-0.2, 0) is 0 Å². The van der Waals surface area contributed by atoms with Crippen molar-refractivity contribution in [3.05, 3.63) is 17.7 Å². The molecule has 3 fully saturated rings. The van der Waals surface area contributed by atoms with Crippen molar-refractivity contribution >= 4 is 22.7 Å². The van der Waals surface area contributed by atoms with Crippen LogP contribution in [0.15, 0.2) is 12.1 Å². The number of likely N-dealkylation sites (tertiary alicyclic amines) is 2. The summed E-state index contributed by atoms with van der Waals surface area (Å²) in [6, 6.07) is 5.22. The number of piperidine rings is 3. The Bertz CT molecular complexity index is 1150. The van der Waals surface area contributed by atoms with Gasteiger partial charge in [-0.2, -0.15) is 4.98 Å². The number of hydrogen-bond donors (Lipinski definition) is 1. The van der Waals surface area contributed by atoms with Gasteiger partial charge in [-0.25, -0.2) is 4.98 Å². The first kappa shape index (κ1) is 28.0. The van der Waals surface area contributed by atoms with E-state index in [-0.39, 0.29) is 0 Å². The molecule has 1 N–H and O–H groups in total.